The van der Waals surface area contributed by atoms with E-state index in [1.54, 1.807) is 4.90 Å². The molecule has 5 heteroatoms. The zero-order chi connectivity index (χ0) is 14.0. The van der Waals surface area contributed by atoms with Crippen molar-refractivity contribution in [1.82, 2.24) is 4.90 Å². The van der Waals surface area contributed by atoms with Crippen molar-refractivity contribution in [2.75, 3.05) is 19.7 Å². The number of carbonyl (C=O) groups is 2. The van der Waals surface area contributed by atoms with Crippen molar-refractivity contribution in [3.8, 4) is 0 Å². The molecule has 0 unspecified atom stereocenters. The summed E-state index contributed by atoms with van der Waals surface area (Å²) in [6.45, 7) is 9.22. The van der Waals surface area contributed by atoms with Gasteiger partial charge in [-0.15, -0.1) is 0 Å². The van der Waals surface area contributed by atoms with Gasteiger partial charge in [-0.1, -0.05) is 13.8 Å². The first kappa shape index (κ1) is 15.0. The van der Waals surface area contributed by atoms with Crippen LogP contribution < -0.4 is 0 Å². The van der Waals surface area contributed by atoms with E-state index in [9.17, 15) is 9.59 Å². The van der Waals surface area contributed by atoms with E-state index in [1.807, 2.05) is 27.7 Å². The number of hydrogen-bond donors (Lipinski definition) is 1. The number of aliphatic carboxylic acids is 1. The molecule has 1 fully saturated rings. The van der Waals surface area contributed by atoms with Gasteiger partial charge in [-0.3, -0.25) is 9.59 Å². The highest BCUT2D eigenvalue weighted by Gasteiger charge is 2.33. The maximum absolute atomic E-state index is 12.2. The van der Waals surface area contributed by atoms with Gasteiger partial charge in [0.05, 0.1) is 18.6 Å². The maximum atomic E-state index is 12.2. The molecule has 18 heavy (non-hydrogen) atoms. The van der Waals surface area contributed by atoms with Gasteiger partial charge in [0, 0.05) is 19.5 Å². The van der Waals surface area contributed by atoms with E-state index in [0.717, 1.165) is 0 Å². The van der Waals surface area contributed by atoms with Crippen molar-refractivity contribution < 1.29 is 19.4 Å². The van der Waals surface area contributed by atoms with Crippen molar-refractivity contribution in [2.45, 2.75) is 46.1 Å². The summed E-state index contributed by atoms with van der Waals surface area (Å²) in [5.74, 6) is -0.854. The zero-order valence-electron chi connectivity index (χ0n) is 11.7. The van der Waals surface area contributed by atoms with E-state index >= 15 is 0 Å². The molecule has 0 atom stereocenters. The molecule has 0 bridgehead atoms. The van der Waals surface area contributed by atoms with Gasteiger partial charge in [0.1, 0.15) is 0 Å². The predicted molar refractivity (Wildman–Crippen MR) is 67.3 cm³/mol. The number of amides is 1. The SMILES string of the molecule is CC(C)(CC(=O)O)CC(=O)N1CCOC(C)(C)C1. The molecule has 1 aliphatic rings. The fourth-order valence-corrected chi connectivity index (χ4v) is 2.22. The lowest BCUT2D eigenvalue weighted by molar-refractivity contribution is -0.149. The summed E-state index contributed by atoms with van der Waals surface area (Å²) in [4.78, 5) is 24.7. The van der Waals surface area contributed by atoms with Crippen molar-refractivity contribution in [2.24, 2.45) is 5.41 Å². The van der Waals surface area contributed by atoms with Crippen LogP contribution in [0.2, 0.25) is 0 Å². The first-order valence-electron chi connectivity index (χ1n) is 6.25. The Morgan fingerprint density at radius 2 is 1.94 bits per heavy atom. The Balaban J connectivity index is 2.57. The second-order valence-corrected chi connectivity index (χ2v) is 6.33. The van der Waals surface area contributed by atoms with Crippen molar-refractivity contribution in [1.29, 1.82) is 0 Å². The maximum Gasteiger partial charge on any atom is 0.303 e. The molecule has 1 N–H and O–H groups in total. The van der Waals surface area contributed by atoms with E-state index in [-0.39, 0.29) is 24.3 Å². The summed E-state index contributed by atoms with van der Waals surface area (Å²) < 4.78 is 5.55. The summed E-state index contributed by atoms with van der Waals surface area (Å²) in [7, 11) is 0. The fraction of sp³-hybridized carbons (Fsp3) is 0.846. The third kappa shape index (κ3) is 4.64. The first-order valence-corrected chi connectivity index (χ1v) is 6.25. The largest absolute Gasteiger partial charge is 0.481 e. The molecule has 1 aliphatic heterocycles. The normalized spacial score (nSPS) is 19.7. The Morgan fingerprint density at radius 1 is 1.33 bits per heavy atom. The number of hydrogen-bond acceptors (Lipinski definition) is 3. The molecule has 1 heterocycles. The fourth-order valence-electron chi connectivity index (χ4n) is 2.22. The molecule has 0 spiro atoms. The van der Waals surface area contributed by atoms with E-state index in [1.165, 1.54) is 0 Å². The quantitative estimate of drug-likeness (QED) is 0.829. The minimum absolute atomic E-state index is 0.00642. The lowest BCUT2D eigenvalue weighted by atomic mass is 9.85. The number of carbonyl (C=O) groups excluding carboxylic acids is 1. The Hall–Kier alpha value is -1.10. The second-order valence-electron chi connectivity index (χ2n) is 6.33. The van der Waals surface area contributed by atoms with Gasteiger partial charge in [0.2, 0.25) is 5.91 Å². The summed E-state index contributed by atoms with van der Waals surface area (Å²) in [6, 6.07) is 0. The van der Waals surface area contributed by atoms with E-state index in [2.05, 4.69) is 0 Å². The minimum Gasteiger partial charge on any atom is -0.481 e. The summed E-state index contributed by atoms with van der Waals surface area (Å²) in [5, 5.41) is 8.81. The Bertz CT molecular complexity index is 336. The second kappa shape index (κ2) is 5.26. The van der Waals surface area contributed by atoms with Crippen LogP contribution in [0.15, 0.2) is 0 Å². The number of morpholine rings is 1. The average Bonchev–Trinajstić information content (AvgIpc) is 2.12. The van der Waals surface area contributed by atoms with Crippen LogP contribution in [0.5, 0.6) is 0 Å². The highest BCUT2D eigenvalue weighted by molar-refractivity contribution is 5.78. The molecular formula is C13H23NO4. The van der Waals surface area contributed by atoms with E-state index < -0.39 is 11.4 Å². The molecule has 0 aromatic heterocycles. The number of carboxylic acids is 1. The summed E-state index contributed by atoms with van der Waals surface area (Å²) in [6.07, 6.45) is 0.266. The molecule has 0 aromatic rings. The van der Waals surface area contributed by atoms with Crippen LogP contribution in [0.4, 0.5) is 0 Å². The molecule has 0 radical (unpaired) electrons. The molecule has 0 aliphatic carbocycles. The van der Waals surface area contributed by atoms with Crippen LogP contribution >= 0.6 is 0 Å². The Labute approximate surface area is 108 Å². The van der Waals surface area contributed by atoms with Gasteiger partial charge in [0.15, 0.2) is 0 Å². The molecule has 1 amide bonds. The molecule has 0 aromatic carbocycles. The Morgan fingerprint density at radius 3 is 2.44 bits per heavy atom. The monoisotopic (exact) mass is 257 g/mol. The van der Waals surface area contributed by atoms with Gasteiger partial charge in [0.25, 0.3) is 0 Å². The van der Waals surface area contributed by atoms with Crippen molar-refractivity contribution >= 4 is 11.9 Å². The van der Waals surface area contributed by atoms with Crippen LogP contribution in [0, 0.1) is 5.41 Å². The lowest BCUT2D eigenvalue weighted by Gasteiger charge is -2.39. The smallest absolute Gasteiger partial charge is 0.303 e. The first-order chi connectivity index (χ1) is 8.11. The standard InChI is InChI=1S/C13H23NO4/c1-12(2,8-11(16)17)7-10(15)14-5-6-18-13(3,4)9-14/h5-9H2,1-4H3,(H,16,17). The summed E-state index contributed by atoms with van der Waals surface area (Å²) >= 11 is 0. The predicted octanol–water partition coefficient (Wildman–Crippen LogP) is 1.51. The molecule has 1 rings (SSSR count). The van der Waals surface area contributed by atoms with Crippen LogP contribution in [0.25, 0.3) is 0 Å². The van der Waals surface area contributed by atoms with Crippen LogP contribution in [-0.4, -0.2) is 47.2 Å². The molecule has 104 valence electrons. The van der Waals surface area contributed by atoms with Gasteiger partial charge in [-0.25, -0.2) is 0 Å². The van der Waals surface area contributed by atoms with Gasteiger partial charge in [-0.05, 0) is 19.3 Å². The molecule has 5 nitrogen and oxygen atoms in total. The molecular weight excluding hydrogens is 234 g/mol. The minimum atomic E-state index is -0.866. The van der Waals surface area contributed by atoms with Gasteiger partial charge < -0.3 is 14.7 Å². The van der Waals surface area contributed by atoms with Crippen LogP contribution in [0.3, 0.4) is 0 Å². The zero-order valence-corrected chi connectivity index (χ0v) is 11.7. The summed E-state index contributed by atoms with van der Waals surface area (Å²) in [5.41, 5.74) is -0.823. The van der Waals surface area contributed by atoms with Crippen molar-refractivity contribution in [3.63, 3.8) is 0 Å². The average molecular weight is 257 g/mol. The highest BCUT2D eigenvalue weighted by Crippen LogP contribution is 2.27. The lowest BCUT2D eigenvalue weighted by Crippen LogP contribution is -2.51. The van der Waals surface area contributed by atoms with Gasteiger partial charge in [-0.2, -0.15) is 0 Å². The Kier molecular flexibility index (Phi) is 4.37. The third-order valence-electron chi connectivity index (χ3n) is 3.04. The molecule has 0 saturated carbocycles. The van der Waals surface area contributed by atoms with Crippen LogP contribution in [0.1, 0.15) is 40.5 Å². The number of carboxylic acid groups (broad SMARTS) is 1. The third-order valence-corrected chi connectivity index (χ3v) is 3.04. The number of rotatable bonds is 4. The highest BCUT2D eigenvalue weighted by atomic mass is 16.5. The van der Waals surface area contributed by atoms with E-state index in [0.29, 0.717) is 19.7 Å². The van der Waals surface area contributed by atoms with Gasteiger partial charge >= 0.3 is 5.97 Å². The van der Waals surface area contributed by atoms with Crippen LogP contribution in [-0.2, 0) is 14.3 Å². The van der Waals surface area contributed by atoms with E-state index in [4.69, 9.17) is 9.84 Å². The van der Waals surface area contributed by atoms with Crippen molar-refractivity contribution in [3.05, 3.63) is 0 Å². The number of ether oxygens (including phenoxy) is 1. The topological polar surface area (TPSA) is 66.8 Å². The number of nitrogens with zero attached hydrogens (tertiary/aromatic N) is 1. The molecule has 1 saturated heterocycles.